The van der Waals surface area contributed by atoms with Crippen LogP contribution < -0.4 is 16.4 Å². The normalized spacial score (nSPS) is 24.3. The molecular weight excluding hydrogens is 676 g/mol. The third-order valence-electron chi connectivity index (χ3n) is 10.5. The van der Waals surface area contributed by atoms with Gasteiger partial charge in [-0.3, -0.25) is 24.6 Å². The molecule has 0 bridgehead atoms. The first-order valence-corrected chi connectivity index (χ1v) is 16.8. The number of aromatic hydroxyl groups is 1. The van der Waals surface area contributed by atoms with Gasteiger partial charge in [0.1, 0.15) is 34.9 Å². The zero-order chi connectivity index (χ0) is 36.5. The molecule has 13 nitrogen and oxygen atoms in total. The number of amides is 2. The van der Waals surface area contributed by atoms with E-state index < -0.39 is 69.6 Å². The number of aliphatic hydroxyl groups excluding tert-OH is 2. The van der Waals surface area contributed by atoms with Gasteiger partial charge in [-0.05, 0) is 72.8 Å². The predicted molar refractivity (Wildman–Crippen MR) is 189 cm³/mol. The Balaban J connectivity index is 1.13. The summed E-state index contributed by atoms with van der Waals surface area (Å²) in [7, 11) is 3.06. The lowest BCUT2D eigenvalue weighted by Crippen LogP contribution is -2.65. The van der Waals surface area contributed by atoms with Crippen molar-refractivity contribution in [2.45, 2.75) is 35.9 Å². The number of hydrogen-bond donors (Lipinski definition) is 8. The molecule has 3 aromatic carbocycles. The zero-order valence-electron chi connectivity index (χ0n) is 27.6. The number of aliphatic hydroxyl groups is 3. The van der Waals surface area contributed by atoms with Crippen LogP contribution in [0.1, 0.15) is 34.6 Å². The number of likely N-dealkylation sites (N-methyl/N-ethyl adjacent to an activating group) is 1. The first-order valence-electron chi connectivity index (χ1n) is 16.3. The minimum absolute atomic E-state index is 0.0523. The van der Waals surface area contributed by atoms with Gasteiger partial charge in [-0.2, -0.15) is 0 Å². The van der Waals surface area contributed by atoms with Crippen LogP contribution in [0.3, 0.4) is 0 Å². The van der Waals surface area contributed by atoms with E-state index in [9.17, 15) is 39.6 Å². The van der Waals surface area contributed by atoms with E-state index in [0.29, 0.717) is 11.3 Å². The molecule has 0 radical (unpaired) electrons. The molecule has 4 aliphatic rings. The molecule has 7 rings (SSSR count). The molecule has 0 heterocycles. The fourth-order valence-electron chi connectivity index (χ4n) is 8.31. The van der Waals surface area contributed by atoms with E-state index in [4.69, 9.17) is 10.5 Å². The number of carbonyl (C=O) groups excluding carboxylic acids is 4. The summed E-state index contributed by atoms with van der Waals surface area (Å²) < 4.78 is 5.64. The van der Waals surface area contributed by atoms with Crippen molar-refractivity contribution in [3.05, 3.63) is 99.8 Å². The molecule has 264 valence electrons. The minimum Gasteiger partial charge on any atom is -0.508 e. The Kier molecular flexibility index (Phi) is 8.35. The van der Waals surface area contributed by atoms with Gasteiger partial charge in [-0.1, -0.05) is 48.5 Å². The van der Waals surface area contributed by atoms with Crippen LogP contribution in [0.25, 0.3) is 16.9 Å². The molecule has 51 heavy (non-hydrogen) atoms. The van der Waals surface area contributed by atoms with Crippen LogP contribution in [0, 0.1) is 11.8 Å². The summed E-state index contributed by atoms with van der Waals surface area (Å²) >= 11 is 4.49. The SMILES string of the molecule is CN(C)[C@@H]1C(=O)C(C(N)=O)=C(O)[C@@]2(O)C(=O)C3=C(O)c4c(O)ccc(NC(S)NC(=O)OCC5c6ccccc6-c6ccccc65)c4CC3CC12. The largest absolute Gasteiger partial charge is 0.508 e. The highest BCUT2D eigenvalue weighted by Gasteiger charge is 2.64. The van der Waals surface area contributed by atoms with E-state index >= 15 is 0 Å². The minimum atomic E-state index is -2.74. The number of rotatable bonds is 7. The molecule has 14 heteroatoms. The topological polar surface area (TPSA) is 212 Å². The molecule has 5 atom stereocenters. The summed E-state index contributed by atoms with van der Waals surface area (Å²) in [6.07, 6.45) is -0.751. The number of ether oxygens (including phenoxy) is 1. The zero-order valence-corrected chi connectivity index (χ0v) is 28.5. The van der Waals surface area contributed by atoms with E-state index in [1.54, 1.807) is 0 Å². The molecule has 0 aliphatic heterocycles. The first-order chi connectivity index (χ1) is 24.2. The molecule has 3 aromatic rings. The van der Waals surface area contributed by atoms with Crippen LogP contribution >= 0.6 is 12.6 Å². The van der Waals surface area contributed by atoms with Gasteiger partial charge in [0.15, 0.2) is 11.4 Å². The highest BCUT2D eigenvalue weighted by Crippen LogP contribution is 2.53. The van der Waals surface area contributed by atoms with Crippen molar-refractivity contribution < 1.29 is 44.3 Å². The number of benzene rings is 3. The van der Waals surface area contributed by atoms with Crippen LogP contribution in [0.15, 0.2) is 77.6 Å². The van der Waals surface area contributed by atoms with Crippen molar-refractivity contribution in [1.82, 2.24) is 10.2 Å². The maximum atomic E-state index is 14.1. The number of phenolic OH excluding ortho intramolecular Hbond substituents is 1. The summed E-state index contributed by atoms with van der Waals surface area (Å²) in [5.74, 6) is -7.54. The lowest BCUT2D eigenvalue weighted by atomic mass is 9.57. The number of hydrogen-bond acceptors (Lipinski definition) is 12. The quantitative estimate of drug-likeness (QED) is 0.0772. The number of nitrogens with zero attached hydrogens (tertiary/aromatic N) is 1. The molecule has 0 aromatic heterocycles. The van der Waals surface area contributed by atoms with Crippen molar-refractivity contribution in [1.29, 1.82) is 0 Å². The van der Waals surface area contributed by atoms with Crippen molar-refractivity contribution >= 4 is 47.6 Å². The van der Waals surface area contributed by atoms with Gasteiger partial charge < -0.3 is 36.2 Å². The number of phenols is 1. The molecular formula is C37H36N4O9S. The Morgan fingerprint density at radius 2 is 1.65 bits per heavy atom. The Morgan fingerprint density at radius 3 is 2.25 bits per heavy atom. The Labute approximate surface area is 297 Å². The van der Waals surface area contributed by atoms with E-state index in [2.05, 4.69) is 23.3 Å². The van der Waals surface area contributed by atoms with Crippen molar-refractivity contribution in [2.24, 2.45) is 17.6 Å². The predicted octanol–water partition coefficient (Wildman–Crippen LogP) is 3.13. The number of Topliss-reactive ketones (excluding diaryl/α,β-unsaturated/α-hetero) is 2. The second-order valence-corrected chi connectivity index (χ2v) is 14.0. The van der Waals surface area contributed by atoms with Gasteiger partial charge in [0.05, 0.1) is 11.6 Å². The Bertz CT molecular complexity index is 2050. The van der Waals surface area contributed by atoms with Gasteiger partial charge in [-0.25, -0.2) is 4.79 Å². The molecule has 8 N–H and O–H groups in total. The van der Waals surface area contributed by atoms with Crippen LogP contribution in [0.2, 0.25) is 0 Å². The second-order valence-electron chi connectivity index (χ2n) is 13.5. The van der Waals surface area contributed by atoms with Gasteiger partial charge in [0.2, 0.25) is 5.78 Å². The van der Waals surface area contributed by atoms with E-state index in [1.165, 1.54) is 31.1 Å². The van der Waals surface area contributed by atoms with Crippen molar-refractivity contribution in [3.8, 4) is 16.9 Å². The number of carbonyl (C=O) groups is 4. The number of anilines is 1. The maximum absolute atomic E-state index is 14.1. The Morgan fingerprint density at radius 1 is 1.02 bits per heavy atom. The number of ketones is 2. The third-order valence-corrected chi connectivity index (χ3v) is 10.8. The number of nitrogens with one attached hydrogen (secondary N) is 2. The number of nitrogens with two attached hydrogens (primary N) is 1. The fourth-order valence-corrected chi connectivity index (χ4v) is 8.56. The average molecular weight is 713 g/mol. The fraction of sp³-hybridized carbons (Fsp3) is 0.297. The third kappa shape index (κ3) is 5.24. The van der Waals surface area contributed by atoms with Crippen molar-refractivity contribution in [3.63, 3.8) is 0 Å². The molecule has 4 aliphatic carbocycles. The molecule has 1 saturated carbocycles. The van der Waals surface area contributed by atoms with E-state index in [1.807, 2.05) is 48.5 Å². The summed E-state index contributed by atoms with van der Waals surface area (Å²) in [6, 6.07) is 17.5. The van der Waals surface area contributed by atoms with Crippen LogP contribution in [-0.2, 0) is 25.5 Å². The van der Waals surface area contributed by atoms with Crippen LogP contribution in [0.4, 0.5) is 10.5 Å². The van der Waals surface area contributed by atoms with Gasteiger partial charge in [-0.15, -0.1) is 12.6 Å². The maximum Gasteiger partial charge on any atom is 0.409 e. The molecule has 1 fully saturated rings. The van der Waals surface area contributed by atoms with E-state index in [-0.39, 0.29) is 42.3 Å². The molecule has 2 amide bonds. The summed E-state index contributed by atoms with van der Waals surface area (Å²) in [4.78, 5) is 54.0. The monoisotopic (exact) mass is 712 g/mol. The van der Waals surface area contributed by atoms with Crippen LogP contribution in [0.5, 0.6) is 5.75 Å². The van der Waals surface area contributed by atoms with Crippen LogP contribution in [-0.4, -0.2) is 86.7 Å². The Hall–Kier alpha value is -5.31. The number of fused-ring (bicyclic) bond motifs is 6. The second kappa shape index (κ2) is 12.5. The summed E-state index contributed by atoms with van der Waals surface area (Å²) in [5, 5.41) is 50.9. The van der Waals surface area contributed by atoms with Crippen molar-refractivity contribution in [2.75, 3.05) is 26.0 Å². The average Bonchev–Trinajstić information content (AvgIpc) is 3.40. The van der Waals surface area contributed by atoms with Gasteiger partial charge in [0.25, 0.3) is 5.91 Å². The smallest absolute Gasteiger partial charge is 0.409 e. The molecule has 0 spiro atoms. The number of alkyl carbamates (subject to hydrolysis) is 1. The first kappa shape index (κ1) is 34.2. The summed E-state index contributed by atoms with van der Waals surface area (Å²) in [5.41, 5.74) is 5.45. The summed E-state index contributed by atoms with van der Waals surface area (Å²) in [6.45, 7) is 0.0851. The molecule has 3 unspecified atom stereocenters. The van der Waals surface area contributed by atoms with Gasteiger partial charge in [0, 0.05) is 23.1 Å². The van der Waals surface area contributed by atoms with E-state index in [0.717, 1.165) is 22.3 Å². The lowest BCUT2D eigenvalue weighted by Gasteiger charge is -2.50. The molecule has 0 saturated heterocycles. The highest BCUT2D eigenvalue weighted by molar-refractivity contribution is 7.81. The lowest BCUT2D eigenvalue weighted by molar-refractivity contribution is -0.153. The number of thiol groups is 1. The van der Waals surface area contributed by atoms with Gasteiger partial charge >= 0.3 is 6.09 Å². The highest BCUT2D eigenvalue weighted by atomic mass is 32.1. The standard InChI is InChI=1S/C37H36N4O9S/c1-41(2)29-23-14-16-13-21-24(11-12-25(42)27(21)30(43)26(16)32(45)37(23,49)33(46)28(31(29)44)34(38)47)39-35(51)40-36(48)50-15-22-19-9-5-3-7-17(19)18-8-4-6-10-20(18)22/h3-12,16,22-23,29,35,39,42-43,46,49,51H,13-15H2,1-2H3,(H2,38,47)(H,40,48)/t16?,23?,29-,35?,37-/m0/s1. The number of primary amides is 1.